The van der Waals surface area contributed by atoms with E-state index in [1.54, 1.807) is 17.4 Å². The summed E-state index contributed by atoms with van der Waals surface area (Å²) in [6.45, 7) is 4.72. The standard InChI is InChI=1S/C16H18F3NS/c1-3-13-8-9-14(21-13)15(20-4-2)11-6-5-7-12(10-11)16(17,18)19/h5-10,15,20H,3-4H2,1-2H3. The van der Waals surface area contributed by atoms with Gasteiger partial charge in [-0.15, -0.1) is 11.3 Å². The summed E-state index contributed by atoms with van der Waals surface area (Å²) in [6.07, 6.45) is -3.37. The minimum Gasteiger partial charge on any atom is -0.306 e. The van der Waals surface area contributed by atoms with Crippen molar-refractivity contribution in [2.75, 3.05) is 6.54 Å². The second-order valence-electron chi connectivity index (χ2n) is 4.77. The molecule has 0 fully saturated rings. The summed E-state index contributed by atoms with van der Waals surface area (Å²) in [7, 11) is 0. The van der Waals surface area contributed by atoms with Crippen molar-refractivity contribution in [3.8, 4) is 0 Å². The second-order valence-corrected chi connectivity index (χ2v) is 5.97. The van der Waals surface area contributed by atoms with E-state index in [4.69, 9.17) is 0 Å². The molecule has 0 amide bonds. The summed E-state index contributed by atoms with van der Waals surface area (Å²) in [4.78, 5) is 2.29. The highest BCUT2D eigenvalue weighted by Crippen LogP contribution is 2.34. The predicted octanol–water partition coefficient (Wildman–Crippen LogP) is 5.03. The van der Waals surface area contributed by atoms with Crippen LogP contribution in [0.15, 0.2) is 36.4 Å². The molecule has 1 aromatic carbocycles. The first-order valence-corrected chi connectivity index (χ1v) is 7.76. The number of rotatable bonds is 5. The lowest BCUT2D eigenvalue weighted by atomic mass is 10.0. The van der Waals surface area contributed by atoms with Gasteiger partial charge in [0.25, 0.3) is 0 Å². The molecule has 114 valence electrons. The summed E-state index contributed by atoms with van der Waals surface area (Å²) < 4.78 is 38.6. The van der Waals surface area contributed by atoms with Crippen LogP contribution in [0.5, 0.6) is 0 Å². The average Bonchev–Trinajstić information content (AvgIpc) is 2.92. The van der Waals surface area contributed by atoms with Gasteiger partial charge in [0.05, 0.1) is 11.6 Å². The number of hydrogen-bond donors (Lipinski definition) is 1. The van der Waals surface area contributed by atoms with E-state index in [2.05, 4.69) is 12.2 Å². The smallest absolute Gasteiger partial charge is 0.306 e. The van der Waals surface area contributed by atoms with Gasteiger partial charge in [-0.1, -0.05) is 26.0 Å². The number of halogens is 3. The molecule has 0 aliphatic carbocycles. The summed E-state index contributed by atoms with van der Waals surface area (Å²) in [6, 6.07) is 9.40. The Morgan fingerprint density at radius 1 is 1.14 bits per heavy atom. The Labute approximate surface area is 126 Å². The molecule has 0 saturated heterocycles. The van der Waals surface area contributed by atoms with Crippen LogP contribution in [0.4, 0.5) is 13.2 Å². The van der Waals surface area contributed by atoms with Crippen molar-refractivity contribution in [3.05, 3.63) is 57.3 Å². The van der Waals surface area contributed by atoms with Gasteiger partial charge < -0.3 is 5.32 Å². The Bertz CT molecular complexity index is 589. The highest BCUT2D eigenvalue weighted by atomic mass is 32.1. The molecule has 1 aromatic heterocycles. The van der Waals surface area contributed by atoms with E-state index in [9.17, 15) is 13.2 Å². The third kappa shape index (κ3) is 3.86. The van der Waals surface area contributed by atoms with Gasteiger partial charge in [0, 0.05) is 9.75 Å². The topological polar surface area (TPSA) is 12.0 Å². The lowest BCUT2D eigenvalue weighted by Crippen LogP contribution is -2.21. The predicted molar refractivity (Wildman–Crippen MR) is 80.7 cm³/mol. The zero-order chi connectivity index (χ0) is 15.5. The van der Waals surface area contributed by atoms with Gasteiger partial charge in [-0.3, -0.25) is 0 Å². The fraction of sp³-hybridized carbons (Fsp3) is 0.375. The van der Waals surface area contributed by atoms with Crippen LogP contribution in [0.2, 0.25) is 0 Å². The summed E-state index contributed by atoms with van der Waals surface area (Å²) in [5.74, 6) is 0. The lowest BCUT2D eigenvalue weighted by molar-refractivity contribution is -0.137. The quantitative estimate of drug-likeness (QED) is 0.816. The number of benzene rings is 1. The first-order chi connectivity index (χ1) is 9.95. The molecule has 1 unspecified atom stereocenters. The van der Waals surface area contributed by atoms with Crippen molar-refractivity contribution in [3.63, 3.8) is 0 Å². The van der Waals surface area contributed by atoms with E-state index in [1.165, 1.54) is 17.0 Å². The fourth-order valence-electron chi connectivity index (χ4n) is 2.22. The van der Waals surface area contributed by atoms with Crippen molar-refractivity contribution in [1.82, 2.24) is 5.32 Å². The summed E-state index contributed by atoms with van der Waals surface area (Å²) in [5, 5.41) is 3.27. The van der Waals surface area contributed by atoms with Gasteiger partial charge in [-0.05, 0) is 42.8 Å². The molecule has 1 nitrogen and oxygen atoms in total. The molecule has 2 rings (SSSR count). The number of thiophene rings is 1. The minimum atomic E-state index is -4.31. The molecule has 0 spiro atoms. The number of hydrogen-bond acceptors (Lipinski definition) is 2. The molecule has 1 atom stereocenters. The van der Waals surface area contributed by atoms with Gasteiger partial charge in [-0.25, -0.2) is 0 Å². The minimum absolute atomic E-state index is 0.192. The van der Waals surface area contributed by atoms with Gasteiger partial charge in [0.2, 0.25) is 0 Å². The van der Waals surface area contributed by atoms with E-state index < -0.39 is 11.7 Å². The number of alkyl halides is 3. The van der Waals surface area contributed by atoms with E-state index in [1.807, 2.05) is 19.1 Å². The van der Waals surface area contributed by atoms with Crippen LogP contribution in [0, 0.1) is 0 Å². The molecule has 2 aromatic rings. The summed E-state index contributed by atoms with van der Waals surface area (Å²) in [5.41, 5.74) is 0.0475. The zero-order valence-corrected chi connectivity index (χ0v) is 12.8. The summed E-state index contributed by atoms with van der Waals surface area (Å²) >= 11 is 1.65. The molecule has 1 N–H and O–H groups in total. The van der Waals surface area contributed by atoms with Crippen LogP contribution in [0.25, 0.3) is 0 Å². The Morgan fingerprint density at radius 2 is 1.90 bits per heavy atom. The lowest BCUT2D eigenvalue weighted by Gasteiger charge is -2.18. The maximum Gasteiger partial charge on any atom is 0.416 e. The van der Waals surface area contributed by atoms with E-state index >= 15 is 0 Å². The van der Waals surface area contributed by atoms with Crippen LogP contribution >= 0.6 is 11.3 Å². The molecular weight excluding hydrogens is 295 g/mol. The molecule has 0 aliphatic heterocycles. The van der Waals surface area contributed by atoms with E-state index in [0.29, 0.717) is 12.1 Å². The van der Waals surface area contributed by atoms with Gasteiger partial charge in [0.1, 0.15) is 0 Å². The fourth-order valence-corrected chi connectivity index (χ4v) is 3.28. The average molecular weight is 313 g/mol. The molecule has 21 heavy (non-hydrogen) atoms. The van der Waals surface area contributed by atoms with Crippen molar-refractivity contribution in [2.45, 2.75) is 32.5 Å². The van der Waals surface area contributed by atoms with Gasteiger partial charge >= 0.3 is 6.18 Å². The molecule has 0 aliphatic rings. The number of nitrogens with one attached hydrogen (secondary N) is 1. The highest BCUT2D eigenvalue weighted by molar-refractivity contribution is 7.12. The largest absolute Gasteiger partial charge is 0.416 e. The molecular formula is C16H18F3NS. The van der Waals surface area contributed by atoms with Crippen LogP contribution in [0.3, 0.4) is 0 Å². The van der Waals surface area contributed by atoms with Crippen LogP contribution < -0.4 is 5.32 Å². The third-order valence-electron chi connectivity index (χ3n) is 3.27. The Kier molecular flexibility index (Phi) is 5.06. The van der Waals surface area contributed by atoms with Gasteiger partial charge in [-0.2, -0.15) is 13.2 Å². The monoisotopic (exact) mass is 313 g/mol. The molecule has 0 radical (unpaired) electrons. The molecule has 5 heteroatoms. The first kappa shape index (κ1) is 16.0. The molecule has 1 heterocycles. The van der Waals surface area contributed by atoms with Crippen molar-refractivity contribution >= 4 is 11.3 Å². The van der Waals surface area contributed by atoms with Crippen molar-refractivity contribution in [1.29, 1.82) is 0 Å². The van der Waals surface area contributed by atoms with Gasteiger partial charge in [0.15, 0.2) is 0 Å². The van der Waals surface area contributed by atoms with E-state index in [-0.39, 0.29) is 6.04 Å². The highest BCUT2D eigenvalue weighted by Gasteiger charge is 2.31. The normalized spacial score (nSPS) is 13.4. The zero-order valence-electron chi connectivity index (χ0n) is 12.0. The van der Waals surface area contributed by atoms with E-state index in [0.717, 1.165) is 17.4 Å². The first-order valence-electron chi connectivity index (χ1n) is 6.94. The second kappa shape index (κ2) is 6.62. The number of aryl methyl sites for hydroxylation is 1. The Balaban J connectivity index is 2.38. The Hall–Kier alpha value is -1.33. The van der Waals surface area contributed by atoms with Crippen LogP contribution in [0.1, 0.15) is 40.8 Å². The molecule has 0 saturated carbocycles. The maximum atomic E-state index is 12.9. The van der Waals surface area contributed by atoms with Crippen LogP contribution in [-0.4, -0.2) is 6.54 Å². The third-order valence-corrected chi connectivity index (χ3v) is 4.57. The SMILES string of the molecule is CCNC(c1cccc(C(F)(F)F)c1)c1ccc(CC)s1. The van der Waals surface area contributed by atoms with Crippen molar-refractivity contribution < 1.29 is 13.2 Å². The maximum absolute atomic E-state index is 12.9. The van der Waals surface area contributed by atoms with Crippen molar-refractivity contribution in [2.24, 2.45) is 0 Å². The molecule has 0 bridgehead atoms. The Morgan fingerprint density at radius 3 is 2.48 bits per heavy atom. The van der Waals surface area contributed by atoms with Crippen LogP contribution in [-0.2, 0) is 12.6 Å².